The van der Waals surface area contributed by atoms with Gasteiger partial charge in [-0.3, -0.25) is 4.79 Å². The first-order chi connectivity index (χ1) is 12.9. The molecule has 0 radical (unpaired) electrons. The monoisotopic (exact) mass is 386 g/mol. The third kappa shape index (κ3) is 3.46. The number of carbonyl (C=O) groups excluding carboxylic acids is 1. The van der Waals surface area contributed by atoms with Gasteiger partial charge in [-0.15, -0.1) is 0 Å². The molecule has 2 aromatic rings. The van der Waals surface area contributed by atoms with Gasteiger partial charge in [0.05, 0.1) is 10.6 Å². The Morgan fingerprint density at radius 2 is 1.96 bits per heavy atom. The molecule has 2 aliphatic rings. The molecular weight excluding hydrogens is 364 g/mol. The lowest BCUT2D eigenvalue weighted by atomic mass is 10.0. The summed E-state index contributed by atoms with van der Waals surface area (Å²) in [5.41, 5.74) is 1.95. The van der Waals surface area contributed by atoms with Crippen LogP contribution in [-0.2, 0) is 27.8 Å². The van der Waals surface area contributed by atoms with Gasteiger partial charge >= 0.3 is 0 Å². The average Bonchev–Trinajstić information content (AvgIpc) is 3.19. The number of aromatic nitrogens is 2. The van der Waals surface area contributed by atoms with E-state index in [4.69, 9.17) is 4.98 Å². The molecule has 1 amide bonds. The van der Waals surface area contributed by atoms with Gasteiger partial charge in [0.2, 0.25) is 15.9 Å². The van der Waals surface area contributed by atoms with E-state index in [1.54, 1.807) is 48.4 Å². The molecule has 0 bridgehead atoms. The maximum atomic E-state index is 12.8. The van der Waals surface area contributed by atoms with Crippen LogP contribution in [-0.4, -0.2) is 53.1 Å². The van der Waals surface area contributed by atoms with Gasteiger partial charge in [0.15, 0.2) is 0 Å². The second-order valence-corrected chi connectivity index (χ2v) is 8.99. The molecule has 7 nitrogen and oxygen atoms in total. The standard InChI is InChI=1S/C19H22N4O3S/c1-14(24)22-9-8-18-16(12-22)11-20-19(21-18)15-7-10-23(13-15)27(25,26)17-5-3-2-4-6-17/h2-6,11,15H,7-10,12-13H2,1H3/t15-/m0/s1. The molecule has 0 saturated carbocycles. The molecule has 142 valence electrons. The van der Waals surface area contributed by atoms with Crippen molar-refractivity contribution in [1.29, 1.82) is 0 Å². The smallest absolute Gasteiger partial charge is 0.243 e. The molecule has 8 heteroatoms. The first kappa shape index (κ1) is 18.1. The minimum absolute atomic E-state index is 0.000348. The van der Waals surface area contributed by atoms with E-state index in [-0.39, 0.29) is 11.8 Å². The maximum absolute atomic E-state index is 12.8. The van der Waals surface area contributed by atoms with E-state index in [0.29, 0.717) is 49.7 Å². The van der Waals surface area contributed by atoms with E-state index >= 15 is 0 Å². The van der Waals surface area contributed by atoms with Crippen molar-refractivity contribution in [1.82, 2.24) is 19.2 Å². The summed E-state index contributed by atoms with van der Waals surface area (Å²) in [6.07, 6.45) is 3.22. The molecule has 1 atom stereocenters. The molecule has 1 aromatic heterocycles. The number of fused-ring (bicyclic) bond motifs is 1. The predicted octanol–water partition coefficient (Wildman–Crippen LogP) is 1.56. The number of nitrogens with zero attached hydrogens (tertiary/aromatic N) is 4. The fraction of sp³-hybridized carbons (Fsp3) is 0.421. The van der Waals surface area contributed by atoms with Crippen LogP contribution in [0.1, 0.15) is 36.3 Å². The van der Waals surface area contributed by atoms with E-state index in [2.05, 4.69) is 4.98 Å². The zero-order valence-corrected chi connectivity index (χ0v) is 16.0. The van der Waals surface area contributed by atoms with Crippen LogP contribution < -0.4 is 0 Å². The summed E-state index contributed by atoms with van der Waals surface area (Å²) in [4.78, 5) is 22.9. The van der Waals surface area contributed by atoms with Crippen molar-refractivity contribution in [3.8, 4) is 0 Å². The van der Waals surface area contributed by atoms with Crippen LogP contribution in [0.15, 0.2) is 41.4 Å². The van der Waals surface area contributed by atoms with Gasteiger partial charge in [-0.25, -0.2) is 18.4 Å². The lowest BCUT2D eigenvalue weighted by Crippen LogP contribution is -2.35. The highest BCUT2D eigenvalue weighted by Gasteiger charge is 2.35. The van der Waals surface area contributed by atoms with Crippen LogP contribution in [0, 0.1) is 0 Å². The molecule has 1 saturated heterocycles. The molecule has 27 heavy (non-hydrogen) atoms. The van der Waals surface area contributed by atoms with Crippen molar-refractivity contribution in [3.63, 3.8) is 0 Å². The number of carbonyl (C=O) groups is 1. The number of hydrogen-bond donors (Lipinski definition) is 0. The summed E-state index contributed by atoms with van der Waals surface area (Å²) >= 11 is 0. The molecule has 2 aliphatic heterocycles. The summed E-state index contributed by atoms with van der Waals surface area (Å²) in [6.45, 7) is 3.65. The summed E-state index contributed by atoms with van der Waals surface area (Å²) in [6, 6.07) is 8.52. The van der Waals surface area contributed by atoms with Crippen molar-refractivity contribution < 1.29 is 13.2 Å². The maximum Gasteiger partial charge on any atom is 0.243 e. The SMILES string of the molecule is CC(=O)N1CCc2nc([C@H]3CCN(S(=O)(=O)c4ccccc4)C3)ncc2C1. The summed E-state index contributed by atoms with van der Waals surface area (Å²) in [5.74, 6) is 0.762. The molecule has 0 spiro atoms. The van der Waals surface area contributed by atoms with Crippen LogP contribution in [0.2, 0.25) is 0 Å². The molecule has 1 fully saturated rings. The highest BCUT2D eigenvalue weighted by Crippen LogP contribution is 2.30. The zero-order chi connectivity index (χ0) is 19.0. The van der Waals surface area contributed by atoms with Gasteiger partial charge < -0.3 is 4.90 Å². The van der Waals surface area contributed by atoms with Crippen LogP contribution in [0.4, 0.5) is 0 Å². The highest BCUT2D eigenvalue weighted by atomic mass is 32.2. The molecule has 4 rings (SSSR count). The molecule has 1 aromatic carbocycles. The van der Waals surface area contributed by atoms with Crippen LogP contribution in [0.25, 0.3) is 0 Å². The van der Waals surface area contributed by atoms with Crippen molar-refractivity contribution in [2.45, 2.75) is 37.1 Å². The molecule has 0 aliphatic carbocycles. The Labute approximate surface area is 159 Å². The second kappa shape index (κ2) is 7.01. The van der Waals surface area contributed by atoms with Crippen molar-refractivity contribution in [3.05, 3.63) is 53.6 Å². The number of sulfonamides is 1. The van der Waals surface area contributed by atoms with Gasteiger partial charge in [0.25, 0.3) is 0 Å². The van der Waals surface area contributed by atoms with E-state index in [1.807, 2.05) is 0 Å². The second-order valence-electron chi connectivity index (χ2n) is 7.05. The lowest BCUT2D eigenvalue weighted by Gasteiger charge is -2.27. The van der Waals surface area contributed by atoms with Crippen molar-refractivity contribution in [2.75, 3.05) is 19.6 Å². The normalized spacial score (nSPS) is 20.5. The van der Waals surface area contributed by atoms with Crippen LogP contribution in [0.5, 0.6) is 0 Å². The Hall–Kier alpha value is -2.32. The number of hydrogen-bond acceptors (Lipinski definition) is 5. The Balaban J connectivity index is 1.51. The minimum Gasteiger partial charge on any atom is -0.338 e. The zero-order valence-electron chi connectivity index (χ0n) is 15.2. The van der Waals surface area contributed by atoms with E-state index < -0.39 is 10.0 Å². The number of rotatable bonds is 3. The topological polar surface area (TPSA) is 83.5 Å². The van der Waals surface area contributed by atoms with Gasteiger partial charge in [-0.2, -0.15) is 4.31 Å². The number of benzene rings is 1. The fourth-order valence-electron chi connectivity index (χ4n) is 3.70. The molecule has 0 N–H and O–H groups in total. The van der Waals surface area contributed by atoms with Crippen molar-refractivity contribution >= 4 is 15.9 Å². The summed E-state index contributed by atoms with van der Waals surface area (Å²) < 4.78 is 27.1. The minimum atomic E-state index is -3.48. The van der Waals surface area contributed by atoms with Crippen molar-refractivity contribution in [2.24, 2.45) is 0 Å². The fourth-order valence-corrected chi connectivity index (χ4v) is 5.22. The predicted molar refractivity (Wildman–Crippen MR) is 99.4 cm³/mol. The summed E-state index contributed by atoms with van der Waals surface area (Å²) in [7, 11) is -3.48. The van der Waals surface area contributed by atoms with Crippen LogP contribution in [0.3, 0.4) is 0 Å². The first-order valence-corrected chi connectivity index (χ1v) is 10.5. The molecule has 3 heterocycles. The number of amides is 1. The van der Waals surface area contributed by atoms with Gasteiger partial charge in [0, 0.05) is 57.2 Å². The van der Waals surface area contributed by atoms with Gasteiger partial charge in [0.1, 0.15) is 5.82 Å². The first-order valence-electron chi connectivity index (χ1n) is 9.10. The quantitative estimate of drug-likeness (QED) is 0.799. The van der Waals surface area contributed by atoms with E-state index in [1.165, 1.54) is 4.31 Å². The molecular formula is C19H22N4O3S. The third-order valence-electron chi connectivity index (χ3n) is 5.30. The van der Waals surface area contributed by atoms with E-state index in [0.717, 1.165) is 11.3 Å². The average molecular weight is 386 g/mol. The largest absolute Gasteiger partial charge is 0.338 e. The summed E-state index contributed by atoms with van der Waals surface area (Å²) in [5, 5.41) is 0. The van der Waals surface area contributed by atoms with Gasteiger partial charge in [-0.05, 0) is 18.6 Å². The Kier molecular flexibility index (Phi) is 4.69. The Morgan fingerprint density at radius 3 is 2.70 bits per heavy atom. The molecule has 0 unspecified atom stereocenters. The van der Waals surface area contributed by atoms with E-state index in [9.17, 15) is 13.2 Å². The highest BCUT2D eigenvalue weighted by molar-refractivity contribution is 7.89. The lowest BCUT2D eigenvalue weighted by molar-refractivity contribution is -0.129. The Morgan fingerprint density at radius 1 is 1.19 bits per heavy atom. The van der Waals surface area contributed by atoms with Crippen LogP contribution >= 0.6 is 0 Å². The van der Waals surface area contributed by atoms with Gasteiger partial charge in [-0.1, -0.05) is 18.2 Å². The Bertz CT molecular complexity index is 962. The third-order valence-corrected chi connectivity index (χ3v) is 7.17.